The maximum Gasteiger partial charge on any atom is 0.150 e. The molecule has 1 aromatic heterocycles. The van der Waals surface area contributed by atoms with Crippen LogP contribution in [0.2, 0.25) is 0 Å². The van der Waals surface area contributed by atoms with E-state index in [1.165, 1.54) is 0 Å². The zero-order valence-electron chi connectivity index (χ0n) is 9.35. The molecule has 2 unspecified atom stereocenters. The van der Waals surface area contributed by atoms with Crippen molar-refractivity contribution in [1.29, 1.82) is 0 Å². The minimum absolute atomic E-state index is 0.332. The summed E-state index contributed by atoms with van der Waals surface area (Å²) >= 11 is 0. The molecule has 2 rings (SSSR count). The van der Waals surface area contributed by atoms with E-state index < -0.39 is 0 Å². The molecule has 2 heterocycles. The van der Waals surface area contributed by atoms with Crippen molar-refractivity contribution in [3.8, 4) is 0 Å². The van der Waals surface area contributed by atoms with E-state index in [2.05, 4.69) is 21.8 Å². The third-order valence-electron chi connectivity index (χ3n) is 3.13. The Morgan fingerprint density at radius 2 is 2.13 bits per heavy atom. The van der Waals surface area contributed by atoms with Gasteiger partial charge in [-0.3, -0.25) is 4.98 Å². The lowest BCUT2D eigenvalue weighted by Gasteiger charge is -2.36. The number of aromatic nitrogens is 2. The highest BCUT2D eigenvalue weighted by Gasteiger charge is 2.24. The van der Waals surface area contributed by atoms with Gasteiger partial charge in [0.05, 0.1) is 5.69 Å². The lowest BCUT2D eigenvalue weighted by atomic mass is 9.95. The molecule has 2 atom stereocenters. The predicted molar refractivity (Wildman–Crippen MR) is 60.7 cm³/mol. The van der Waals surface area contributed by atoms with Crippen LogP contribution >= 0.6 is 0 Å². The van der Waals surface area contributed by atoms with Crippen LogP contribution in [0.15, 0.2) is 12.4 Å². The second-order valence-corrected chi connectivity index (χ2v) is 4.34. The molecule has 2 N–H and O–H groups in total. The summed E-state index contributed by atoms with van der Waals surface area (Å²) in [4.78, 5) is 10.9. The van der Waals surface area contributed by atoms with Gasteiger partial charge >= 0.3 is 0 Å². The quantitative estimate of drug-likeness (QED) is 0.743. The van der Waals surface area contributed by atoms with Gasteiger partial charge in [-0.05, 0) is 19.3 Å². The van der Waals surface area contributed by atoms with E-state index >= 15 is 0 Å². The van der Waals surface area contributed by atoms with E-state index in [4.69, 9.17) is 5.73 Å². The molecule has 1 aliphatic rings. The van der Waals surface area contributed by atoms with Crippen molar-refractivity contribution in [2.45, 2.75) is 26.3 Å². The van der Waals surface area contributed by atoms with E-state index in [-0.39, 0.29) is 0 Å². The Balaban J connectivity index is 2.15. The summed E-state index contributed by atoms with van der Waals surface area (Å²) in [6.07, 6.45) is 4.52. The van der Waals surface area contributed by atoms with Gasteiger partial charge in [0.25, 0.3) is 0 Å². The summed E-state index contributed by atoms with van der Waals surface area (Å²) in [6.45, 7) is 6.18. The molecule has 4 heteroatoms. The van der Waals surface area contributed by atoms with Crippen LogP contribution in [0, 0.1) is 12.8 Å². The first-order chi connectivity index (χ1) is 7.18. The SMILES string of the molecule is Cc1nccnc1N1CCC(N)C(C)C1. The maximum absolute atomic E-state index is 5.99. The second-order valence-electron chi connectivity index (χ2n) is 4.34. The van der Waals surface area contributed by atoms with Gasteiger partial charge in [-0.15, -0.1) is 0 Å². The molecule has 0 radical (unpaired) electrons. The number of nitrogens with two attached hydrogens (primary N) is 1. The summed E-state index contributed by atoms with van der Waals surface area (Å²) in [5.41, 5.74) is 6.99. The van der Waals surface area contributed by atoms with Crippen molar-refractivity contribution >= 4 is 5.82 Å². The summed E-state index contributed by atoms with van der Waals surface area (Å²) in [5.74, 6) is 1.54. The molecule has 15 heavy (non-hydrogen) atoms. The van der Waals surface area contributed by atoms with Gasteiger partial charge in [-0.2, -0.15) is 0 Å². The highest BCUT2D eigenvalue weighted by molar-refractivity contribution is 5.42. The Bertz CT molecular complexity index is 339. The van der Waals surface area contributed by atoms with Crippen LogP contribution in [0.1, 0.15) is 19.0 Å². The number of hydrogen-bond donors (Lipinski definition) is 1. The zero-order chi connectivity index (χ0) is 10.8. The number of piperidine rings is 1. The Kier molecular flexibility index (Phi) is 2.86. The minimum atomic E-state index is 0.332. The molecular weight excluding hydrogens is 188 g/mol. The molecular formula is C11H18N4. The summed E-state index contributed by atoms with van der Waals surface area (Å²) in [7, 11) is 0. The Hall–Kier alpha value is -1.16. The average molecular weight is 206 g/mol. The molecule has 0 bridgehead atoms. The van der Waals surface area contributed by atoms with Crippen LogP contribution < -0.4 is 10.6 Å². The first-order valence-electron chi connectivity index (χ1n) is 5.46. The van der Waals surface area contributed by atoms with Crippen LogP contribution in [0.3, 0.4) is 0 Å². The van der Waals surface area contributed by atoms with Crippen LogP contribution in [-0.4, -0.2) is 29.1 Å². The van der Waals surface area contributed by atoms with Crippen LogP contribution in [0.25, 0.3) is 0 Å². The lowest BCUT2D eigenvalue weighted by Crippen LogP contribution is -2.46. The molecule has 82 valence electrons. The molecule has 1 fully saturated rings. The molecule has 0 amide bonds. The second kappa shape index (κ2) is 4.14. The Morgan fingerprint density at radius 3 is 2.80 bits per heavy atom. The van der Waals surface area contributed by atoms with Crippen molar-refractivity contribution in [3.05, 3.63) is 18.1 Å². The Labute approximate surface area is 90.5 Å². The monoisotopic (exact) mass is 206 g/mol. The molecule has 1 aliphatic heterocycles. The highest BCUT2D eigenvalue weighted by atomic mass is 15.2. The maximum atomic E-state index is 5.99. The normalized spacial score (nSPS) is 26.7. The fraction of sp³-hybridized carbons (Fsp3) is 0.636. The van der Waals surface area contributed by atoms with Crippen LogP contribution in [0.5, 0.6) is 0 Å². The van der Waals surface area contributed by atoms with Gasteiger partial charge in [0.15, 0.2) is 0 Å². The molecule has 0 spiro atoms. The summed E-state index contributed by atoms with van der Waals surface area (Å²) < 4.78 is 0. The number of aryl methyl sites for hydroxylation is 1. The van der Waals surface area contributed by atoms with E-state index in [0.717, 1.165) is 31.0 Å². The first kappa shape index (κ1) is 10.4. The van der Waals surface area contributed by atoms with Crippen molar-refractivity contribution in [1.82, 2.24) is 9.97 Å². The van der Waals surface area contributed by atoms with E-state index in [1.807, 2.05) is 6.92 Å². The first-order valence-corrected chi connectivity index (χ1v) is 5.46. The summed E-state index contributed by atoms with van der Waals surface area (Å²) in [6, 6.07) is 0.332. The lowest BCUT2D eigenvalue weighted by molar-refractivity contribution is 0.381. The van der Waals surface area contributed by atoms with E-state index in [1.54, 1.807) is 12.4 Å². The molecule has 0 aliphatic carbocycles. The Morgan fingerprint density at radius 1 is 1.40 bits per heavy atom. The molecule has 4 nitrogen and oxygen atoms in total. The smallest absolute Gasteiger partial charge is 0.150 e. The number of anilines is 1. The molecule has 0 aromatic carbocycles. The third kappa shape index (κ3) is 2.09. The largest absolute Gasteiger partial charge is 0.355 e. The topological polar surface area (TPSA) is 55.0 Å². The third-order valence-corrected chi connectivity index (χ3v) is 3.13. The van der Waals surface area contributed by atoms with Gasteiger partial charge in [-0.1, -0.05) is 6.92 Å². The molecule has 1 aromatic rings. The number of nitrogens with zero attached hydrogens (tertiary/aromatic N) is 3. The zero-order valence-corrected chi connectivity index (χ0v) is 9.35. The van der Waals surface area contributed by atoms with Crippen molar-refractivity contribution in [3.63, 3.8) is 0 Å². The van der Waals surface area contributed by atoms with Crippen LogP contribution in [0.4, 0.5) is 5.82 Å². The number of rotatable bonds is 1. The highest BCUT2D eigenvalue weighted by Crippen LogP contribution is 2.21. The average Bonchev–Trinajstić information content (AvgIpc) is 2.23. The van der Waals surface area contributed by atoms with Gasteiger partial charge in [0, 0.05) is 31.5 Å². The summed E-state index contributed by atoms with van der Waals surface area (Å²) in [5, 5.41) is 0. The predicted octanol–water partition coefficient (Wildman–Crippen LogP) is 0.959. The van der Waals surface area contributed by atoms with Gasteiger partial charge < -0.3 is 10.6 Å². The molecule has 0 saturated carbocycles. The number of hydrogen-bond acceptors (Lipinski definition) is 4. The van der Waals surface area contributed by atoms with Crippen molar-refractivity contribution in [2.24, 2.45) is 11.7 Å². The fourth-order valence-electron chi connectivity index (χ4n) is 2.07. The van der Waals surface area contributed by atoms with Gasteiger partial charge in [-0.25, -0.2) is 4.98 Å². The van der Waals surface area contributed by atoms with Crippen molar-refractivity contribution in [2.75, 3.05) is 18.0 Å². The fourth-order valence-corrected chi connectivity index (χ4v) is 2.07. The van der Waals surface area contributed by atoms with Crippen LogP contribution in [-0.2, 0) is 0 Å². The van der Waals surface area contributed by atoms with Gasteiger partial charge in [0.1, 0.15) is 5.82 Å². The van der Waals surface area contributed by atoms with E-state index in [0.29, 0.717) is 12.0 Å². The van der Waals surface area contributed by atoms with Gasteiger partial charge in [0.2, 0.25) is 0 Å². The molecule has 1 saturated heterocycles. The van der Waals surface area contributed by atoms with E-state index in [9.17, 15) is 0 Å². The minimum Gasteiger partial charge on any atom is -0.355 e. The van der Waals surface area contributed by atoms with Crippen molar-refractivity contribution < 1.29 is 0 Å². The standard InChI is InChI=1S/C11H18N4/c1-8-7-15(6-3-10(8)12)11-9(2)13-4-5-14-11/h4-5,8,10H,3,6-7,12H2,1-2H3.